The summed E-state index contributed by atoms with van der Waals surface area (Å²) in [5.74, 6) is 6.53. The van der Waals surface area contributed by atoms with Crippen molar-refractivity contribution in [1.29, 1.82) is 0 Å². The van der Waals surface area contributed by atoms with Crippen molar-refractivity contribution in [2.45, 2.75) is 32.6 Å². The number of nitrogen functional groups attached to an aromatic ring is 1. The maximum atomic E-state index is 9.81. The first kappa shape index (κ1) is 20.8. The van der Waals surface area contributed by atoms with Crippen LogP contribution < -0.4 is 10.5 Å². The van der Waals surface area contributed by atoms with Crippen molar-refractivity contribution in [3.8, 4) is 28.7 Å². The number of pyridine rings is 1. The van der Waals surface area contributed by atoms with E-state index in [1.807, 2.05) is 66.9 Å². The van der Waals surface area contributed by atoms with Crippen LogP contribution in [0.2, 0.25) is 0 Å². The molecule has 3 N–H and O–H groups in total. The van der Waals surface area contributed by atoms with Crippen LogP contribution in [0.1, 0.15) is 31.9 Å². The predicted molar refractivity (Wildman–Crippen MR) is 129 cm³/mol. The van der Waals surface area contributed by atoms with Crippen LogP contribution in [-0.2, 0) is 13.1 Å². The van der Waals surface area contributed by atoms with Gasteiger partial charge in [-0.3, -0.25) is 4.68 Å². The fourth-order valence-electron chi connectivity index (χ4n) is 3.10. The Morgan fingerprint density at radius 2 is 1.85 bits per heavy atom. The average Bonchev–Trinajstić information content (AvgIpc) is 3.32. The summed E-state index contributed by atoms with van der Waals surface area (Å²) in [6, 6.07) is 19.0. The monoisotopic (exact) mass is 439 g/mol. The molecule has 2 heterocycles. The summed E-state index contributed by atoms with van der Waals surface area (Å²) in [7, 11) is 0. The van der Waals surface area contributed by atoms with Crippen LogP contribution in [0.25, 0.3) is 11.1 Å². The number of benzene rings is 2. The Balaban J connectivity index is 1.49. The van der Waals surface area contributed by atoms with E-state index >= 15 is 0 Å². The lowest BCUT2D eigenvalue weighted by atomic mass is 10.1. The van der Waals surface area contributed by atoms with Crippen molar-refractivity contribution < 1.29 is 11.2 Å². The van der Waals surface area contributed by atoms with E-state index in [2.05, 4.69) is 21.9 Å². The molecule has 0 aliphatic heterocycles. The summed E-state index contributed by atoms with van der Waals surface area (Å²) in [4.78, 5) is 4.27. The number of aliphatic hydroxyl groups is 1. The standard InChI is InChI=1S/C27H26N4O2/c1-27(2,32)12-11-20-9-6-10-22(13-20)19-33-25-14-23(15-29-26(25)28)24-16-30-31(18-24)17-21-7-4-3-5-8-21/h3-10,13-16,18,32H,17,19H2,1-2H3,(H2,28,29)/i17D. The second-order valence-corrected chi connectivity index (χ2v) is 8.15. The molecule has 0 saturated carbocycles. The summed E-state index contributed by atoms with van der Waals surface area (Å²) in [6.45, 7) is 2.94. The maximum absolute atomic E-state index is 9.81. The van der Waals surface area contributed by atoms with Gasteiger partial charge in [0, 0.05) is 29.1 Å². The molecule has 0 bridgehead atoms. The molecule has 4 aromatic rings. The Kier molecular flexibility index (Phi) is 6.05. The minimum atomic E-state index is -1.05. The van der Waals surface area contributed by atoms with Crippen LogP contribution in [0.5, 0.6) is 5.75 Å². The van der Waals surface area contributed by atoms with Gasteiger partial charge in [0.05, 0.1) is 14.1 Å². The number of rotatable bonds is 6. The van der Waals surface area contributed by atoms with E-state index in [9.17, 15) is 5.11 Å². The SMILES string of the molecule is [2H]C(c1ccccc1)n1cc(-c2cnc(N)c(OCc3cccc(C#CC(C)(C)O)c3)c2)cn1. The van der Waals surface area contributed by atoms with Crippen LogP contribution in [0.4, 0.5) is 5.82 Å². The van der Waals surface area contributed by atoms with E-state index in [0.717, 1.165) is 27.8 Å². The Morgan fingerprint density at radius 1 is 1.06 bits per heavy atom. The minimum absolute atomic E-state index is 0.287. The zero-order chi connectivity index (χ0) is 24.1. The third-order valence-corrected chi connectivity index (χ3v) is 4.73. The summed E-state index contributed by atoms with van der Waals surface area (Å²) in [5.41, 5.74) is 9.16. The molecular weight excluding hydrogens is 412 g/mol. The van der Waals surface area contributed by atoms with Gasteiger partial charge in [0.15, 0.2) is 11.6 Å². The van der Waals surface area contributed by atoms with Gasteiger partial charge in [-0.15, -0.1) is 0 Å². The lowest BCUT2D eigenvalue weighted by Crippen LogP contribution is -2.14. The van der Waals surface area contributed by atoms with Gasteiger partial charge >= 0.3 is 0 Å². The lowest BCUT2D eigenvalue weighted by Gasteiger charge is -2.10. The molecule has 0 amide bonds. The molecule has 4 rings (SSSR count). The zero-order valence-electron chi connectivity index (χ0n) is 19.6. The molecule has 6 heteroatoms. The van der Waals surface area contributed by atoms with Crippen LogP contribution in [0.15, 0.2) is 79.3 Å². The summed E-state index contributed by atoms with van der Waals surface area (Å²) >= 11 is 0. The zero-order valence-corrected chi connectivity index (χ0v) is 18.6. The number of aromatic nitrogens is 3. The highest BCUT2D eigenvalue weighted by Crippen LogP contribution is 2.27. The van der Waals surface area contributed by atoms with Crippen LogP contribution in [-0.4, -0.2) is 25.5 Å². The number of ether oxygens (including phenoxy) is 1. The Bertz CT molecular complexity index is 1330. The van der Waals surface area contributed by atoms with Crippen molar-refractivity contribution in [3.05, 3.63) is 95.9 Å². The van der Waals surface area contributed by atoms with Crippen molar-refractivity contribution in [1.82, 2.24) is 14.8 Å². The molecule has 0 aliphatic rings. The smallest absolute Gasteiger partial charge is 0.166 e. The number of hydrogen-bond acceptors (Lipinski definition) is 5. The van der Waals surface area contributed by atoms with Gasteiger partial charge in [-0.1, -0.05) is 54.3 Å². The van der Waals surface area contributed by atoms with E-state index in [1.165, 1.54) is 0 Å². The molecule has 0 fully saturated rings. The van der Waals surface area contributed by atoms with E-state index in [1.54, 1.807) is 30.9 Å². The lowest BCUT2D eigenvalue weighted by molar-refractivity contribution is 0.143. The maximum Gasteiger partial charge on any atom is 0.166 e. The van der Waals surface area contributed by atoms with Crippen molar-refractivity contribution in [2.75, 3.05) is 5.73 Å². The number of anilines is 1. The fourth-order valence-corrected chi connectivity index (χ4v) is 3.10. The predicted octanol–water partition coefficient (Wildman–Crippen LogP) is 4.28. The quantitative estimate of drug-likeness (QED) is 0.438. The highest BCUT2D eigenvalue weighted by molar-refractivity contribution is 5.65. The van der Waals surface area contributed by atoms with Gasteiger partial charge < -0.3 is 15.6 Å². The number of hydrogen-bond donors (Lipinski definition) is 2. The van der Waals surface area contributed by atoms with Crippen molar-refractivity contribution >= 4 is 5.82 Å². The Labute approximate surface area is 195 Å². The molecule has 0 aliphatic carbocycles. The van der Waals surface area contributed by atoms with Crippen LogP contribution in [0.3, 0.4) is 0 Å². The molecule has 1 unspecified atom stereocenters. The summed E-state index contributed by atoms with van der Waals surface area (Å²) in [6.07, 6.45) is 5.18. The van der Waals surface area contributed by atoms with Crippen LogP contribution >= 0.6 is 0 Å². The largest absolute Gasteiger partial charge is 0.485 e. The molecule has 6 nitrogen and oxygen atoms in total. The first-order valence-corrected chi connectivity index (χ1v) is 10.5. The molecule has 0 saturated heterocycles. The van der Waals surface area contributed by atoms with E-state index < -0.39 is 12.1 Å². The molecule has 0 spiro atoms. The molecule has 166 valence electrons. The first-order valence-electron chi connectivity index (χ1n) is 11.1. The van der Waals surface area contributed by atoms with Gasteiger partial charge in [0.25, 0.3) is 0 Å². The van der Waals surface area contributed by atoms with Gasteiger partial charge in [0.1, 0.15) is 12.2 Å². The number of nitrogens with zero attached hydrogens (tertiary/aromatic N) is 3. The van der Waals surface area contributed by atoms with Crippen molar-refractivity contribution in [2.24, 2.45) is 0 Å². The van der Waals surface area contributed by atoms with E-state index in [4.69, 9.17) is 11.8 Å². The Morgan fingerprint density at radius 3 is 2.64 bits per heavy atom. The van der Waals surface area contributed by atoms with Gasteiger partial charge in [-0.2, -0.15) is 5.10 Å². The third-order valence-electron chi connectivity index (χ3n) is 4.73. The Hall–Kier alpha value is -4.08. The van der Waals surface area contributed by atoms with Crippen molar-refractivity contribution in [3.63, 3.8) is 0 Å². The highest BCUT2D eigenvalue weighted by Gasteiger charge is 2.09. The van der Waals surface area contributed by atoms with E-state index in [0.29, 0.717) is 5.75 Å². The van der Waals surface area contributed by atoms with E-state index in [-0.39, 0.29) is 12.4 Å². The molecular formula is C27H26N4O2. The normalized spacial score (nSPS) is 12.4. The number of nitrogens with two attached hydrogens (primary N) is 1. The topological polar surface area (TPSA) is 86.2 Å². The first-order chi connectivity index (χ1) is 16.3. The summed E-state index contributed by atoms with van der Waals surface area (Å²) < 4.78 is 16.0. The second-order valence-electron chi connectivity index (χ2n) is 8.15. The van der Waals surface area contributed by atoms with Crippen LogP contribution in [0, 0.1) is 11.8 Å². The molecule has 2 aromatic carbocycles. The van der Waals surface area contributed by atoms with Gasteiger partial charge in [-0.05, 0) is 43.2 Å². The molecule has 2 aromatic heterocycles. The third kappa shape index (κ3) is 6.22. The second kappa shape index (κ2) is 9.60. The molecule has 1 atom stereocenters. The minimum Gasteiger partial charge on any atom is -0.485 e. The fraction of sp³-hybridized carbons (Fsp3) is 0.185. The summed E-state index contributed by atoms with van der Waals surface area (Å²) in [5, 5.41) is 14.2. The molecule has 33 heavy (non-hydrogen) atoms. The molecule has 0 radical (unpaired) electrons. The van der Waals surface area contributed by atoms with Gasteiger partial charge in [0.2, 0.25) is 0 Å². The highest BCUT2D eigenvalue weighted by atomic mass is 16.5. The average molecular weight is 440 g/mol. The van der Waals surface area contributed by atoms with Gasteiger partial charge in [-0.25, -0.2) is 4.98 Å².